The lowest BCUT2D eigenvalue weighted by Crippen LogP contribution is -1.87. The van der Waals surface area contributed by atoms with Crippen molar-refractivity contribution in [2.75, 3.05) is 5.73 Å². The second kappa shape index (κ2) is 4.51. The topological polar surface area (TPSA) is 54.7 Å². The number of fused-ring (bicyclic) bond motifs is 1. The van der Waals surface area contributed by atoms with Gasteiger partial charge in [-0.3, -0.25) is 0 Å². The zero-order chi connectivity index (χ0) is 13.6. The van der Waals surface area contributed by atoms with Crippen molar-refractivity contribution in [3.63, 3.8) is 0 Å². The highest BCUT2D eigenvalue weighted by molar-refractivity contribution is 9.10. The molecule has 0 saturated heterocycles. The highest BCUT2D eigenvalue weighted by Gasteiger charge is 2.12. The molecule has 19 heavy (non-hydrogen) atoms. The summed E-state index contributed by atoms with van der Waals surface area (Å²) < 4.78 is 14.6. The molecule has 0 unspecified atom stereocenters. The Hall–Kier alpha value is -1.59. The molecule has 3 rings (SSSR count). The molecule has 0 aliphatic heterocycles. The maximum atomic E-state index is 13.8. The Morgan fingerprint density at radius 1 is 1.26 bits per heavy atom. The van der Waals surface area contributed by atoms with Gasteiger partial charge in [-0.2, -0.15) is 0 Å². The molecule has 96 valence electrons. The van der Waals surface area contributed by atoms with Gasteiger partial charge in [0.2, 0.25) is 0 Å². The fourth-order valence-corrected chi connectivity index (χ4v) is 2.56. The van der Waals surface area contributed by atoms with Crippen LogP contribution in [0.25, 0.3) is 22.4 Å². The van der Waals surface area contributed by atoms with Gasteiger partial charge in [-0.1, -0.05) is 27.5 Å². The van der Waals surface area contributed by atoms with Gasteiger partial charge in [0.15, 0.2) is 0 Å². The Kier molecular flexibility index (Phi) is 2.95. The summed E-state index contributed by atoms with van der Waals surface area (Å²) in [5.74, 6) is 0.0147. The number of nitrogens with zero attached hydrogens (tertiary/aromatic N) is 1. The number of hydrogen-bond donors (Lipinski definition) is 2. The van der Waals surface area contributed by atoms with Gasteiger partial charge in [-0.05, 0) is 30.3 Å². The van der Waals surface area contributed by atoms with E-state index in [1.54, 1.807) is 6.07 Å². The lowest BCUT2D eigenvalue weighted by atomic mass is 10.2. The third-order valence-electron chi connectivity index (χ3n) is 2.76. The third-order valence-corrected chi connectivity index (χ3v) is 3.46. The number of H-pyrrole nitrogens is 1. The van der Waals surface area contributed by atoms with Crippen molar-refractivity contribution >= 4 is 44.3 Å². The van der Waals surface area contributed by atoms with Crippen molar-refractivity contribution in [3.8, 4) is 11.4 Å². The van der Waals surface area contributed by atoms with E-state index in [0.29, 0.717) is 27.6 Å². The van der Waals surface area contributed by atoms with E-state index in [9.17, 15) is 4.39 Å². The van der Waals surface area contributed by atoms with Crippen LogP contribution >= 0.6 is 27.5 Å². The van der Waals surface area contributed by atoms with Crippen LogP contribution in [-0.2, 0) is 0 Å². The molecular weight excluding hydrogens is 333 g/mol. The maximum absolute atomic E-state index is 13.8. The summed E-state index contributed by atoms with van der Waals surface area (Å²) >= 11 is 9.23. The average molecular weight is 341 g/mol. The standard InChI is InChI=1S/C13H8BrClFN3/c14-6-3-10(17)12-11(4-6)18-13(19-12)8-5-7(15)1-2-9(8)16/h1-5H,17H2,(H,18,19). The number of imidazole rings is 1. The zero-order valence-electron chi connectivity index (χ0n) is 9.55. The van der Waals surface area contributed by atoms with Crippen LogP contribution in [0.15, 0.2) is 34.8 Å². The minimum atomic E-state index is -0.388. The van der Waals surface area contributed by atoms with E-state index >= 15 is 0 Å². The van der Waals surface area contributed by atoms with Gasteiger partial charge in [0.25, 0.3) is 0 Å². The molecule has 6 heteroatoms. The number of rotatable bonds is 1. The number of nitrogens with two attached hydrogens (primary N) is 1. The van der Waals surface area contributed by atoms with E-state index in [1.807, 2.05) is 6.07 Å². The fraction of sp³-hybridized carbons (Fsp3) is 0. The van der Waals surface area contributed by atoms with Crippen molar-refractivity contribution in [2.45, 2.75) is 0 Å². The first-order chi connectivity index (χ1) is 9.04. The third kappa shape index (κ3) is 2.19. The highest BCUT2D eigenvalue weighted by atomic mass is 79.9. The predicted octanol–water partition coefficient (Wildman–Crippen LogP) is 4.37. The van der Waals surface area contributed by atoms with E-state index in [4.69, 9.17) is 17.3 Å². The molecule has 1 aromatic heterocycles. The first kappa shape index (κ1) is 12.4. The lowest BCUT2D eigenvalue weighted by Gasteiger charge is -1.99. The number of aromatic amines is 1. The largest absolute Gasteiger partial charge is 0.397 e. The van der Waals surface area contributed by atoms with E-state index in [2.05, 4.69) is 25.9 Å². The van der Waals surface area contributed by atoms with E-state index in [-0.39, 0.29) is 5.82 Å². The molecule has 0 spiro atoms. The number of nitrogen functional groups attached to an aromatic ring is 1. The molecule has 1 heterocycles. The average Bonchev–Trinajstić information content (AvgIpc) is 2.76. The fourth-order valence-electron chi connectivity index (χ4n) is 1.91. The molecule has 0 aliphatic rings. The van der Waals surface area contributed by atoms with Crippen LogP contribution in [0.3, 0.4) is 0 Å². The molecule has 3 aromatic rings. The Labute approximate surface area is 121 Å². The van der Waals surface area contributed by atoms with Crippen molar-refractivity contribution < 1.29 is 4.39 Å². The SMILES string of the molecule is Nc1cc(Br)cc2[nH]c(-c3cc(Cl)ccc3F)nc12. The van der Waals surface area contributed by atoms with Gasteiger partial charge in [0.1, 0.15) is 17.2 Å². The van der Waals surface area contributed by atoms with Crippen molar-refractivity contribution in [3.05, 3.63) is 45.6 Å². The molecule has 0 bridgehead atoms. The van der Waals surface area contributed by atoms with Crippen LogP contribution in [-0.4, -0.2) is 9.97 Å². The minimum absolute atomic E-state index is 0.319. The zero-order valence-corrected chi connectivity index (χ0v) is 11.9. The maximum Gasteiger partial charge on any atom is 0.141 e. The van der Waals surface area contributed by atoms with Crippen LogP contribution in [0.5, 0.6) is 0 Å². The predicted molar refractivity (Wildman–Crippen MR) is 78.6 cm³/mol. The van der Waals surface area contributed by atoms with Gasteiger partial charge in [0, 0.05) is 9.50 Å². The molecule has 0 saturated carbocycles. The van der Waals surface area contributed by atoms with Crippen molar-refractivity contribution in [2.24, 2.45) is 0 Å². The van der Waals surface area contributed by atoms with Gasteiger partial charge in [0.05, 0.1) is 16.8 Å². The smallest absolute Gasteiger partial charge is 0.141 e. The van der Waals surface area contributed by atoms with Crippen molar-refractivity contribution in [1.82, 2.24) is 9.97 Å². The second-order valence-corrected chi connectivity index (χ2v) is 5.45. The number of hydrogen-bond acceptors (Lipinski definition) is 2. The number of halogens is 3. The molecule has 3 N–H and O–H groups in total. The summed E-state index contributed by atoms with van der Waals surface area (Å²) in [5.41, 5.74) is 8.07. The second-order valence-electron chi connectivity index (χ2n) is 4.10. The minimum Gasteiger partial charge on any atom is -0.397 e. The van der Waals surface area contributed by atoms with Crippen LogP contribution in [0, 0.1) is 5.82 Å². The Bertz CT molecular complexity index is 785. The molecule has 3 nitrogen and oxygen atoms in total. The quantitative estimate of drug-likeness (QED) is 0.646. The molecular formula is C13H8BrClFN3. The summed E-state index contributed by atoms with van der Waals surface area (Å²) in [6.45, 7) is 0. The van der Waals surface area contributed by atoms with Crippen LogP contribution in [0.1, 0.15) is 0 Å². The number of anilines is 1. The summed E-state index contributed by atoms with van der Waals surface area (Å²) in [7, 11) is 0. The summed E-state index contributed by atoms with van der Waals surface area (Å²) in [5, 5.41) is 0.450. The van der Waals surface area contributed by atoms with Gasteiger partial charge in [-0.25, -0.2) is 9.37 Å². The Balaban J connectivity index is 2.26. The van der Waals surface area contributed by atoms with Crippen molar-refractivity contribution in [1.29, 1.82) is 0 Å². The van der Waals surface area contributed by atoms with Gasteiger partial charge in [-0.15, -0.1) is 0 Å². The van der Waals surface area contributed by atoms with Gasteiger partial charge >= 0.3 is 0 Å². The molecule has 2 aromatic carbocycles. The number of nitrogens with one attached hydrogen (secondary N) is 1. The van der Waals surface area contributed by atoms with E-state index in [0.717, 1.165) is 9.99 Å². The number of aromatic nitrogens is 2. The van der Waals surface area contributed by atoms with E-state index in [1.165, 1.54) is 18.2 Å². The van der Waals surface area contributed by atoms with Crippen LogP contribution < -0.4 is 5.73 Å². The van der Waals surface area contributed by atoms with E-state index < -0.39 is 0 Å². The number of benzene rings is 2. The first-order valence-corrected chi connectivity index (χ1v) is 6.62. The first-order valence-electron chi connectivity index (χ1n) is 5.45. The Morgan fingerprint density at radius 3 is 2.84 bits per heavy atom. The van der Waals surface area contributed by atoms with Crippen LogP contribution in [0.2, 0.25) is 5.02 Å². The Morgan fingerprint density at radius 2 is 2.05 bits per heavy atom. The monoisotopic (exact) mass is 339 g/mol. The molecule has 0 aliphatic carbocycles. The molecule has 0 atom stereocenters. The van der Waals surface area contributed by atoms with Gasteiger partial charge < -0.3 is 10.7 Å². The molecule has 0 amide bonds. The summed E-state index contributed by atoms with van der Waals surface area (Å²) in [6.07, 6.45) is 0. The molecule has 0 fully saturated rings. The summed E-state index contributed by atoms with van der Waals surface area (Å²) in [6, 6.07) is 7.92. The highest BCUT2D eigenvalue weighted by Crippen LogP contribution is 2.29. The molecule has 0 radical (unpaired) electrons. The van der Waals surface area contributed by atoms with Crippen LogP contribution in [0.4, 0.5) is 10.1 Å². The summed E-state index contributed by atoms with van der Waals surface area (Å²) in [4.78, 5) is 7.37. The normalized spacial score (nSPS) is 11.1. The lowest BCUT2D eigenvalue weighted by molar-refractivity contribution is 0.630.